The minimum atomic E-state index is -0.843. The Hall–Kier alpha value is -2.28. The number of amides is 2. The highest BCUT2D eigenvalue weighted by Crippen LogP contribution is 2.39. The van der Waals surface area contributed by atoms with Crippen molar-refractivity contribution in [3.05, 3.63) is 40.7 Å². The zero-order valence-corrected chi connectivity index (χ0v) is 19.1. The Morgan fingerprint density at radius 2 is 1.62 bits per heavy atom. The number of pyridine rings is 1. The molecule has 0 aromatic carbocycles. The predicted octanol–water partition coefficient (Wildman–Crippen LogP) is 4.06. The minimum absolute atomic E-state index is 0.123. The number of aromatic nitrogens is 2. The molecule has 2 aromatic rings. The van der Waals surface area contributed by atoms with Crippen LogP contribution in [0.15, 0.2) is 23.7 Å². The van der Waals surface area contributed by atoms with Crippen molar-refractivity contribution in [2.75, 3.05) is 11.9 Å². The molecule has 0 saturated heterocycles. The van der Waals surface area contributed by atoms with Crippen molar-refractivity contribution in [1.29, 1.82) is 0 Å². The summed E-state index contributed by atoms with van der Waals surface area (Å²) in [7, 11) is 1.70. The van der Waals surface area contributed by atoms with Gasteiger partial charge in [0, 0.05) is 46.4 Å². The molecule has 1 saturated carbocycles. The zero-order chi connectivity index (χ0) is 21.6. The van der Waals surface area contributed by atoms with Crippen molar-refractivity contribution in [3.63, 3.8) is 0 Å². The summed E-state index contributed by atoms with van der Waals surface area (Å²) in [6.45, 7) is 12.5. The van der Waals surface area contributed by atoms with E-state index in [0.717, 1.165) is 11.4 Å². The third-order valence-corrected chi connectivity index (χ3v) is 6.00. The monoisotopic (exact) mass is 414 g/mol. The van der Waals surface area contributed by atoms with Gasteiger partial charge in [0.15, 0.2) is 5.13 Å². The molecule has 0 bridgehead atoms. The molecule has 1 N–H and O–H groups in total. The Morgan fingerprint density at radius 3 is 2.03 bits per heavy atom. The van der Waals surface area contributed by atoms with Crippen LogP contribution in [0.1, 0.15) is 76.1 Å². The molecule has 6 nitrogen and oxygen atoms in total. The molecule has 1 fully saturated rings. The van der Waals surface area contributed by atoms with E-state index in [-0.39, 0.29) is 22.6 Å². The molecule has 0 spiro atoms. The second-order valence-corrected chi connectivity index (χ2v) is 10.7. The third kappa shape index (κ3) is 4.50. The van der Waals surface area contributed by atoms with Gasteiger partial charge in [0.05, 0.1) is 0 Å². The number of anilines is 1. The van der Waals surface area contributed by atoms with Gasteiger partial charge in [0.2, 0.25) is 0 Å². The highest BCUT2D eigenvalue weighted by Gasteiger charge is 2.53. The van der Waals surface area contributed by atoms with E-state index in [0.29, 0.717) is 23.5 Å². The molecule has 0 aliphatic heterocycles. The summed E-state index contributed by atoms with van der Waals surface area (Å²) in [6.07, 6.45) is 2.94. The average molecular weight is 415 g/mol. The highest BCUT2D eigenvalue weighted by atomic mass is 32.1. The highest BCUT2D eigenvalue weighted by molar-refractivity contribution is 7.13. The molecule has 7 heteroatoms. The molecule has 2 heterocycles. The number of hydrogen-bond acceptors (Lipinski definition) is 5. The van der Waals surface area contributed by atoms with E-state index in [9.17, 15) is 9.59 Å². The van der Waals surface area contributed by atoms with Gasteiger partial charge in [-0.1, -0.05) is 41.5 Å². The van der Waals surface area contributed by atoms with E-state index in [1.165, 1.54) is 16.2 Å². The van der Waals surface area contributed by atoms with Crippen LogP contribution in [-0.2, 0) is 15.6 Å². The van der Waals surface area contributed by atoms with Crippen LogP contribution in [0.3, 0.4) is 0 Å². The lowest BCUT2D eigenvalue weighted by Crippen LogP contribution is -2.49. The normalized spacial score (nSPS) is 15.7. The summed E-state index contributed by atoms with van der Waals surface area (Å²) >= 11 is 1.40. The lowest BCUT2D eigenvalue weighted by molar-refractivity contribution is -0.121. The molecule has 0 unspecified atom stereocenters. The summed E-state index contributed by atoms with van der Waals surface area (Å²) in [4.78, 5) is 36.7. The van der Waals surface area contributed by atoms with Crippen LogP contribution >= 0.6 is 11.3 Å². The summed E-state index contributed by atoms with van der Waals surface area (Å²) in [6, 6.07) is 3.69. The molecule has 1 aliphatic rings. The maximum atomic E-state index is 13.1. The lowest BCUT2D eigenvalue weighted by atomic mass is 9.86. The quantitative estimate of drug-likeness (QED) is 0.819. The molecule has 0 atom stereocenters. The van der Waals surface area contributed by atoms with Crippen LogP contribution in [0.4, 0.5) is 5.13 Å². The van der Waals surface area contributed by atoms with Gasteiger partial charge in [-0.15, -0.1) is 11.3 Å². The van der Waals surface area contributed by atoms with Crippen LogP contribution in [0, 0.1) is 0 Å². The van der Waals surface area contributed by atoms with Crippen molar-refractivity contribution in [1.82, 2.24) is 15.3 Å². The lowest BCUT2D eigenvalue weighted by Gasteiger charge is -2.26. The second-order valence-electron chi connectivity index (χ2n) is 9.84. The Labute approximate surface area is 176 Å². The first-order valence-electron chi connectivity index (χ1n) is 9.87. The fraction of sp³-hybridized carbons (Fsp3) is 0.545. The van der Waals surface area contributed by atoms with E-state index in [4.69, 9.17) is 4.98 Å². The number of likely N-dealkylation sites (N-methyl/N-ethyl adjacent to an activating group) is 1. The second kappa shape index (κ2) is 7.20. The number of rotatable bonds is 4. The van der Waals surface area contributed by atoms with Crippen molar-refractivity contribution >= 4 is 28.3 Å². The number of carbonyl (C=O) groups is 2. The Morgan fingerprint density at radius 1 is 1.07 bits per heavy atom. The maximum absolute atomic E-state index is 13.1. The maximum Gasteiger partial charge on any atom is 0.254 e. The first kappa shape index (κ1) is 21.4. The van der Waals surface area contributed by atoms with Crippen molar-refractivity contribution in [2.24, 2.45) is 0 Å². The van der Waals surface area contributed by atoms with Gasteiger partial charge in [0.1, 0.15) is 5.54 Å². The van der Waals surface area contributed by atoms with Gasteiger partial charge in [0.25, 0.3) is 11.8 Å². The van der Waals surface area contributed by atoms with Gasteiger partial charge < -0.3 is 5.32 Å². The smallest absolute Gasteiger partial charge is 0.254 e. The van der Waals surface area contributed by atoms with Crippen molar-refractivity contribution in [2.45, 2.75) is 70.8 Å². The molecule has 3 rings (SSSR count). The SMILES string of the molecule is CN(C(=O)C1(NC(=O)c2cc(C(C)(C)C)nc(C(C)(C)C)c2)CC1)c1nccs1. The van der Waals surface area contributed by atoms with E-state index in [2.05, 4.69) is 51.8 Å². The summed E-state index contributed by atoms with van der Waals surface area (Å²) in [5, 5.41) is 5.46. The Bertz CT molecular complexity index is 887. The van der Waals surface area contributed by atoms with E-state index in [1.807, 2.05) is 17.5 Å². The van der Waals surface area contributed by atoms with E-state index >= 15 is 0 Å². The summed E-state index contributed by atoms with van der Waals surface area (Å²) in [5.74, 6) is -0.358. The zero-order valence-electron chi connectivity index (χ0n) is 18.3. The molecule has 156 valence electrons. The first-order chi connectivity index (χ1) is 13.3. The topological polar surface area (TPSA) is 75.2 Å². The number of nitrogens with zero attached hydrogens (tertiary/aromatic N) is 3. The molecular weight excluding hydrogens is 384 g/mol. The first-order valence-corrected chi connectivity index (χ1v) is 10.7. The Balaban J connectivity index is 1.88. The van der Waals surface area contributed by atoms with Gasteiger partial charge in [-0.3, -0.25) is 19.5 Å². The van der Waals surface area contributed by atoms with Crippen LogP contribution in [-0.4, -0.2) is 34.4 Å². The fourth-order valence-electron chi connectivity index (χ4n) is 3.03. The molecule has 1 aliphatic carbocycles. The minimum Gasteiger partial charge on any atom is -0.338 e. The fourth-order valence-corrected chi connectivity index (χ4v) is 3.63. The molecule has 2 amide bonds. The van der Waals surface area contributed by atoms with E-state index in [1.54, 1.807) is 13.2 Å². The van der Waals surface area contributed by atoms with Crippen LogP contribution in [0.5, 0.6) is 0 Å². The predicted molar refractivity (Wildman–Crippen MR) is 117 cm³/mol. The number of nitrogens with one attached hydrogen (secondary N) is 1. The van der Waals surface area contributed by atoms with Crippen LogP contribution < -0.4 is 10.2 Å². The van der Waals surface area contributed by atoms with Gasteiger partial charge in [-0.2, -0.15) is 0 Å². The molecular formula is C22H30N4O2S. The standard InChI is InChI=1S/C22H30N4O2S/c1-20(2,3)15-12-14(13-16(24-15)21(4,5)6)17(27)25-22(8-9-22)18(28)26(7)19-23-10-11-29-19/h10-13H,8-9H2,1-7H3,(H,25,27). The van der Waals surface area contributed by atoms with Crippen LogP contribution in [0.2, 0.25) is 0 Å². The van der Waals surface area contributed by atoms with Crippen molar-refractivity contribution < 1.29 is 9.59 Å². The summed E-state index contributed by atoms with van der Waals surface area (Å²) in [5.41, 5.74) is 1.07. The largest absolute Gasteiger partial charge is 0.338 e. The molecule has 0 radical (unpaired) electrons. The van der Waals surface area contributed by atoms with Gasteiger partial charge >= 0.3 is 0 Å². The third-order valence-electron chi connectivity index (χ3n) is 5.15. The number of thiazole rings is 1. The van der Waals surface area contributed by atoms with Gasteiger partial charge in [-0.05, 0) is 25.0 Å². The Kier molecular flexibility index (Phi) is 5.32. The van der Waals surface area contributed by atoms with E-state index < -0.39 is 5.54 Å². The number of hydrogen-bond donors (Lipinski definition) is 1. The van der Waals surface area contributed by atoms with Crippen molar-refractivity contribution in [3.8, 4) is 0 Å². The molecule has 2 aromatic heterocycles. The molecule has 29 heavy (non-hydrogen) atoms. The van der Waals surface area contributed by atoms with Crippen LogP contribution in [0.25, 0.3) is 0 Å². The van der Waals surface area contributed by atoms with Gasteiger partial charge in [-0.25, -0.2) is 4.98 Å². The summed E-state index contributed by atoms with van der Waals surface area (Å²) < 4.78 is 0. The number of carbonyl (C=O) groups excluding carboxylic acids is 2. The average Bonchev–Trinajstić information content (AvgIpc) is 3.20.